The minimum atomic E-state index is -0.314. The first kappa shape index (κ1) is 23.0. The van der Waals surface area contributed by atoms with Crippen molar-refractivity contribution < 1.29 is 18.7 Å². The molecule has 0 amide bonds. The smallest absolute Gasteiger partial charge is 0.339 e. The molecule has 1 aliphatic rings. The van der Waals surface area contributed by atoms with Crippen LogP contribution in [0, 0.1) is 5.82 Å². The van der Waals surface area contributed by atoms with Crippen molar-refractivity contribution in [1.82, 2.24) is 14.5 Å². The van der Waals surface area contributed by atoms with E-state index in [1.807, 2.05) is 35.0 Å². The fourth-order valence-electron chi connectivity index (χ4n) is 4.29. The van der Waals surface area contributed by atoms with Gasteiger partial charge >= 0.3 is 5.97 Å². The third-order valence-electron chi connectivity index (χ3n) is 6.13. The molecule has 6 rings (SSSR count). The van der Waals surface area contributed by atoms with E-state index in [0.29, 0.717) is 46.4 Å². The first-order valence-corrected chi connectivity index (χ1v) is 12.0. The summed E-state index contributed by atoms with van der Waals surface area (Å²) in [6, 6.07) is 17.4. The SMILES string of the molecule is O=C1OCCc2cn(-c3ccc4ncnc(Nc5ccc(OCc6cccc(F)c6)c(Cl)c5)c4c3)cc21. The quantitative estimate of drug-likeness (QED) is 0.270. The number of anilines is 2. The topological polar surface area (TPSA) is 78.3 Å². The zero-order chi connectivity index (χ0) is 25.4. The molecule has 2 aromatic heterocycles. The van der Waals surface area contributed by atoms with E-state index in [1.54, 1.807) is 30.5 Å². The molecule has 3 aromatic carbocycles. The Bertz CT molecular complexity index is 1650. The van der Waals surface area contributed by atoms with Crippen LogP contribution in [0.2, 0.25) is 5.02 Å². The number of hydrogen-bond donors (Lipinski definition) is 1. The van der Waals surface area contributed by atoms with E-state index in [0.717, 1.165) is 22.2 Å². The van der Waals surface area contributed by atoms with E-state index < -0.39 is 0 Å². The number of hydrogen-bond acceptors (Lipinski definition) is 6. The Balaban J connectivity index is 1.25. The molecule has 3 heterocycles. The lowest BCUT2D eigenvalue weighted by molar-refractivity contribution is 0.0481. The summed E-state index contributed by atoms with van der Waals surface area (Å²) >= 11 is 6.47. The summed E-state index contributed by atoms with van der Waals surface area (Å²) in [5.74, 6) is 0.478. The number of halogens is 2. The molecule has 9 heteroatoms. The standard InChI is InChI=1S/C28H20ClFN4O3/c29-24-11-20(4-7-26(24)37-15-17-2-1-3-19(30)10-17)33-27-22-12-21(5-6-25(22)31-16-32-27)34-13-18-8-9-36-28(35)23(18)14-34/h1-7,10-14,16H,8-9,15H2,(H,31,32,33). The molecule has 1 aliphatic heterocycles. The van der Waals surface area contributed by atoms with Crippen molar-refractivity contribution in [3.8, 4) is 11.4 Å². The largest absolute Gasteiger partial charge is 0.487 e. The normalized spacial score (nSPS) is 12.8. The number of carbonyl (C=O) groups is 1. The highest BCUT2D eigenvalue weighted by atomic mass is 35.5. The first-order chi connectivity index (χ1) is 18.0. The van der Waals surface area contributed by atoms with Crippen molar-refractivity contribution in [1.29, 1.82) is 0 Å². The summed E-state index contributed by atoms with van der Waals surface area (Å²) < 4.78 is 26.3. The Morgan fingerprint density at radius 2 is 2.00 bits per heavy atom. The van der Waals surface area contributed by atoms with Gasteiger partial charge in [-0.05, 0) is 59.7 Å². The second-order valence-corrected chi connectivity index (χ2v) is 9.01. The van der Waals surface area contributed by atoms with Crippen LogP contribution in [0.4, 0.5) is 15.9 Å². The Labute approximate surface area is 216 Å². The molecule has 0 unspecified atom stereocenters. The summed E-state index contributed by atoms with van der Waals surface area (Å²) in [5.41, 5.74) is 4.61. The van der Waals surface area contributed by atoms with Crippen LogP contribution >= 0.6 is 11.6 Å². The second-order valence-electron chi connectivity index (χ2n) is 8.60. The highest BCUT2D eigenvalue weighted by Gasteiger charge is 2.21. The van der Waals surface area contributed by atoms with Crippen LogP contribution in [-0.2, 0) is 17.8 Å². The Morgan fingerprint density at radius 3 is 2.84 bits per heavy atom. The number of nitrogens with zero attached hydrogens (tertiary/aromatic N) is 3. The summed E-state index contributed by atoms with van der Waals surface area (Å²) in [5, 5.41) is 4.52. The van der Waals surface area contributed by atoms with Gasteiger partial charge in [0.15, 0.2) is 0 Å². The maximum Gasteiger partial charge on any atom is 0.339 e. The molecule has 7 nitrogen and oxygen atoms in total. The average Bonchev–Trinajstić information content (AvgIpc) is 3.34. The summed E-state index contributed by atoms with van der Waals surface area (Å²) in [4.78, 5) is 20.9. The van der Waals surface area contributed by atoms with Crippen molar-refractivity contribution in [2.75, 3.05) is 11.9 Å². The molecule has 0 saturated heterocycles. The van der Waals surface area contributed by atoms with Gasteiger partial charge in [0.25, 0.3) is 0 Å². The molecular formula is C28H20ClFN4O3. The number of fused-ring (bicyclic) bond motifs is 2. The zero-order valence-corrected chi connectivity index (χ0v) is 20.2. The lowest BCUT2D eigenvalue weighted by atomic mass is 10.1. The first-order valence-electron chi connectivity index (χ1n) is 11.6. The third kappa shape index (κ3) is 4.71. The number of carbonyl (C=O) groups excluding carboxylic acids is 1. The van der Waals surface area contributed by atoms with Crippen LogP contribution in [0.15, 0.2) is 79.4 Å². The van der Waals surface area contributed by atoms with Crippen LogP contribution in [0.1, 0.15) is 21.5 Å². The number of cyclic esters (lactones) is 1. The third-order valence-corrected chi connectivity index (χ3v) is 6.42. The van der Waals surface area contributed by atoms with Crippen molar-refractivity contribution in [3.63, 3.8) is 0 Å². The predicted octanol–water partition coefficient (Wildman–Crippen LogP) is 6.25. The summed E-state index contributed by atoms with van der Waals surface area (Å²) in [6.07, 6.45) is 5.93. The number of aromatic nitrogens is 3. The lowest BCUT2D eigenvalue weighted by Crippen LogP contribution is -2.15. The molecule has 0 saturated carbocycles. The Hall–Kier alpha value is -4.43. The fraction of sp³-hybridized carbons (Fsp3) is 0.107. The molecule has 0 aliphatic carbocycles. The molecular weight excluding hydrogens is 495 g/mol. The van der Waals surface area contributed by atoms with Crippen molar-refractivity contribution in [2.45, 2.75) is 13.0 Å². The monoisotopic (exact) mass is 514 g/mol. The van der Waals surface area contributed by atoms with Gasteiger partial charge in [0.05, 0.1) is 22.7 Å². The van der Waals surface area contributed by atoms with Gasteiger partial charge in [0.2, 0.25) is 0 Å². The van der Waals surface area contributed by atoms with Gasteiger partial charge < -0.3 is 19.4 Å². The van der Waals surface area contributed by atoms with Gasteiger partial charge in [-0.2, -0.15) is 0 Å². The van der Waals surface area contributed by atoms with Gasteiger partial charge in [0.1, 0.15) is 30.3 Å². The van der Waals surface area contributed by atoms with E-state index in [9.17, 15) is 9.18 Å². The van der Waals surface area contributed by atoms with Crippen LogP contribution in [0.25, 0.3) is 16.6 Å². The Morgan fingerprint density at radius 1 is 1.08 bits per heavy atom. The Kier molecular flexibility index (Phi) is 5.94. The van der Waals surface area contributed by atoms with Crippen LogP contribution in [0.3, 0.4) is 0 Å². The number of nitrogens with one attached hydrogen (secondary N) is 1. The van der Waals surface area contributed by atoms with Crippen molar-refractivity contribution in [3.05, 3.63) is 107 Å². The van der Waals surface area contributed by atoms with E-state index in [1.165, 1.54) is 18.5 Å². The number of ether oxygens (including phenoxy) is 2. The predicted molar refractivity (Wildman–Crippen MR) is 138 cm³/mol. The number of esters is 1. The van der Waals surface area contributed by atoms with E-state index in [2.05, 4.69) is 15.3 Å². The van der Waals surface area contributed by atoms with Crippen molar-refractivity contribution in [2.24, 2.45) is 0 Å². The molecule has 0 spiro atoms. The highest BCUT2D eigenvalue weighted by molar-refractivity contribution is 6.32. The molecule has 184 valence electrons. The number of benzene rings is 3. The maximum atomic E-state index is 13.4. The van der Waals surface area contributed by atoms with Crippen LogP contribution in [-0.4, -0.2) is 27.1 Å². The van der Waals surface area contributed by atoms with E-state index >= 15 is 0 Å². The molecule has 0 bridgehead atoms. The van der Waals surface area contributed by atoms with Crippen molar-refractivity contribution >= 4 is 40.0 Å². The maximum absolute atomic E-state index is 13.4. The van der Waals surface area contributed by atoms with E-state index in [4.69, 9.17) is 21.1 Å². The van der Waals surface area contributed by atoms with Gasteiger partial charge in [-0.15, -0.1) is 0 Å². The molecule has 1 N–H and O–H groups in total. The van der Waals surface area contributed by atoms with Gasteiger partial charge in [0, 0.05) is 35.6 Å². The van der Waals surface area contributed by atoms with Gasteiger partial charge in [-0.25, -0.2) is 19.2 Å². The summed E-state index contributed by atoms with van der Waals surface area (Å²) in [6.45, 7) is 0.594. The zero-order valence-electron chi connectivity index (χ0n) is 19.4. The minimum Gasteiger partial charge on any atom is -0.487 e. The summed E-state index contributed by atoms with van der Waals surface area (Å²) in [7, 11) is 0. The highest BCUT2D eigenvalue weighted by Crippen LogP contribution is 2.32. The van der Waals surface area contributed by atoms with Crippen LogP contribution in [0.5, 0.6) is 5.75 Å². The molecule has 0 fully saturated rings. The minimum absolute atomic E-state index is 0.199. The molecule has 5 aromatic rings. The van der Waals surface area contributed by atoms with Gasteiger partial charge in [-0.1, -0.05) is 23.7 Å². The van der Waals surface area contributed by atoms with E-state index in [-0.39, 0.29) is 18.4 Å². The molecule has 0 radical (unpaired) electrons. The van der Waals surface area contributed by atoms with Gasteiger partial charge in [-0.3, -0.25) is 0 Å². The number of rotatable bonds is 6. The van der Waals surface area contributed by atoms with Crippen LogP contribution < -0.4 is 10.1 Å². The average molecular weight is 515 g/mol. The second kappa shape index (κ2) is 9.55. The molecule has 37 heavy (non-hydrogen) atoms. The molecule has 0 atom stereocenters. The lowest BCUT2D eigenvalue weighted by Gasteiger charge is -2.12. The fourth-order valence-corrected chi connectivity index (χ4v) is 4.52.